The molecule has 0 bridgehead atoms. The molecule has 14 heteroatoms. The number of nitrogens with one attached hydrogen (secondary N) is 1. The molecule has 2 aromatic carbocycles. The van der Waals surface area contributed by atoms with Crippen molar-refractivity contribution in [1.82, 2.24) is 15.2 Å². The van der Waals surface area contributed by atoms with E-state index in [-0.39, 0.29) is 18.6 Å². The van der Waals surface area contributed by atoms with Crippen LogP contribution in [-0.4, -0.2) is 104 Å². The molecule has 0 spiro atoms. The Labute approximate surface area is 319 Å². The monoisotopic (exact) mass is 773 g/mol. The molecule has 0 aliphatic heterocycles. The fourth-order valence-corrected chi connectivity index (χ4v) is 6.70. The van der Waals surface area contributed by atoms with Gasteiger partial charge in [0, 0.05) is 60.1 Å². The van der Waals surface area contributed by atoms with E-state index >= 15 is 0 Å². The number of aliphatic hydroxyl groups is 4. The van der Waals surface area contributed by atoms with E-state index in [4.69, 9.17) is 37.8 Å². The molecule has 6 N–H and O–H groups in total. The Kier molecular flexibility index (Phi) is 14.5. The number of carbonyl (C=O) groups excluding carboxylic acids is 1. The van der Waals surface area contributed by atoms with Crippen molar-refractivity contribution in [3.63, 3.8) is 0 Å². The number of ether oxygens (including phenoxy) is 2. The van der Waals surface area contributed by atoms with Gasteiger partial charge in [0.2, 0.25) is 5.91 Å². The Morgan fingerprint density at radius 3 is 2.42 bits per heavy atom. The second kappa shape index (κ2) is 18.8. The number of pyridine rings is 1. The molecule has 0 radical (unpaired) electrons. The van der Waals surface area contributed by atoms with Crippen LogP contribution in [0.5, 0.6) is 5.75 Å². The van der Waals surface area contributed by atoms with Gasteiger partial charge in [-0.05, 0) is 98.9 Å². The van der Waals surface area contributed by atoms with Gasteiger partial charge in [0.1, 0.15) is 18.0 Å². The SMILES string of the molecule is CN(CCCNCC(O)C(O)C(O)C(O)C(=O)O)C(=O)CCCCc1cc(Cl)c(COC2(c3cnccc3-c3ccccc3OC3CC3)CC2)cc1Cl. The molecule has 53 heavy (non-hydrogen) atoms. The average Bonchev–Trinajstić information content (AvgIpc) is 4.10. The van der Waals surface area contributed by atoms with Crippen molar-refractivity contribution in [3.05, 3.63) is 81.6 Å². The predicted molar refractivity (Wildman–Crippen MR) is 200 cm³/mol. The van der Waals surface area contributed by atoms with Crippen LogP contribution in [0.1, 0.15) is 68.1 Å². The summed E-state index contributed by atoms with van der Waals surface area (Å²) in [6, 6.07) is 13.9. The van der Waals surface area contributed by atoms with Crippen molar-refractivity contribution in [2.24, 2.45) is 0 Å². The number of aliphatic hydroxyl groups excluding tert-OH is 4. The average molecular weight is 775 g/mol. The number of carboxylic acid groups (broad SMARTS) is 1. The zero-order chi connectivity index (χ0) is 38.1. The van der Waals surface area contributed by atoms with Crippen LogP contribution in [0.4, 0.5) is 0 Å². The lowest BCUT2D eigenvalue weighted by molar-refractivity contribution is -0.162. The summed E-state index contributed by atoms with van der Waals surface area (Å²) in [5.74, 6) is -0.836. The van der Waals surface area contributed by atoms with Gasteiger partial charge in [-0.25, -0.2) is 4.79 Å². The normalized spacial score (nSPS) is 17.1. The minimum Gasteiger partial charge on any atom is -0.490 e. The van der Waals surface area contributed by atoms with E-state index in [2.05, 4.69) is 16.4 Å². The van der Waals surface area contributed by atoms with Crippen LogP contribution in [0.15, 0.2) is 54.9 Å². The molecule has 1 amide bonds. The summed E-state index contributed by atoms with van der Waals surface area (Å²) in [6.45, 7) is 1.02. The summed E-state index contributed by atoms with van der Waals surface area (Å²) in [5, 5.41) is 51.6. The minimum absolute atomic E-state index is 0.00688. The number of hydrogen-bond acceptors (Lipinski definition) is 10. The quantitative estimate of drug-likeness (QED) is 0.0793. The molecular weight excluding hydrogens is 725 g/mol. The molecule has 5 rings (SSSR count). The highest BCUT2D eigenvalue weighted by molar-refractivity contribution is 6.34. The van der Waals surface area contributed by atoms with Gasteiger partial charge in [-0.3, -0.25) is 9.78 Å². The lowest BCUT2D eigenvalue weighted by atomic mass is 9.96. The number of nitrogens with zero attached hydrogens (tertiary/aromatic N) is 2. The largest absolute Gasteiger partial charge is 0.490 e. The third-order valence-corrected chi connectivity index (χ3v) is 10.5. The first-order chi connectivity index (χ1) is 25.4. The van der Waals surface area contributed by atoms with Crippen LogP contribution < -0.4 is 10.1 Å². The second-order valence-corrected chi connectivity index (χ2v) is 14.8. The Morgan fingerprint density at radius 1 is 0.981 bits per heavy atom. The Morgan fingerprint density at radius 2 is 1.70 bits per heavy atom. The van der Waals surface area contributed by atoms with Gasteiger partial charge in [0.05, 0.1) is 24.4 Å². The zero-order valence-electron chi connectivity index (χ0n) is 29.8. The Bertz CT molecular complexity index is 1700. The predicted octanol–water partition coefficient (Wildman–Crippen LogP) is 4.48. The van der Waals surface area contributed by atoms with Crippen molar-refractivity contribution in [2.75, 3.05) is 26.7 Å². The van der Waals surface area contributed by atoms with Gasteiger partial charge < -0.3 is 45.2 Å². The van der Waals surface area contributed by atoms with Crippen molar-refractivity contribution in [3.8, 4) is 16.9 Å². The van der Waals surface area contributed by atoms with E-state index in [9.17, 15) is 30.0 Å². The zero-order valence-corrected chi connectivity index (χ0v) is 31.3. The van der Waals surface area contributed by atoms with Crippen LogP contribution in [0, 0.1) is 0 Å². The molecule has 2 aliphatic rings. The highest BCUT2D eigenvalue weighted by Crippen LogP contribution is 2.53. The van der Waals surface area contributed by atoms with Crippen LogP contribution in [-0.2, 0) is 33.0 Å². The molecule has 2 saturated carbocycles. The molecule has 3 aromatic rings. The van der Waals surface area contributed by atoms with Crippen molar-refractivity contribution in [2.45, 2.75) is 101 Å². The molecule has 0 saturated heterocycles. The number of rotatable bonds is 22. The highest BCUT2D eigenvalue weighted by atomic mass is 35.5. The van der Waals surface area contributed by atoms with Gasteiger partial charge in [-0.2, -0.15) is 0 Å². The van der Waals surface area contributed by atoms with Crippen LogP contribution in [0.2, 0.25) is 10.0 Å². The van der Waals surface area contributed by atoms with Gasteiger partial charge >= 0.3 is 5.97 Å². The maximum atomic E-state index is 12.7. The standard InChI is InChI=1S/C39H49Cl2N3O9/c1-44(18-6-16-42-22-32(45)35(47)36(48)37(49)38(50)51)34(46)10-5-2-7-24-19-31(41)25(20-30(24)40)23-52-39(14-15-39)29-21-43-17-13-27(29)28-8-3-4-9-33(28)53-26-11-12-26/h3-4,8-9,13,17,19-21,26,32,35-37,42,45,47-49H,2,5-7,10-12,14-16,18,22-23H2,1H3,(H,50,51). The van der Waals surface area contributed by atoms with Gasteiger partial charge in [-0.15, -0.1) is 0 Å². The Balaban J connectivity index is 1.04. The molecular formula is C39H49Cl2N3O9. The minimum atomic E-state index is -2.21. The number of para-hydroxylation sites is 1. The molecule has 12 nitrogen and oxygen atoms in total. The van der Waals surface area contributed by atoms with E-state index in [1.165, 1.54) is 0 Å². The Hall–Kier alpha value is -3.33. The number of carboxylic acids is 1. The van der Waals surface area contributed by atoms with Crippen molar-refractivity contribution in [1.29, 1.82) is 0 Å². The summed E-state index contributed by atoms with van der Waals surface area (Å²) in [4.78, 5) is 29.5. The van der Waals surface area contributed by atoms with Crippen molar-refractivity contribution >= 4 is 35.1 Å². The summed E-state index contributed by atoms with van der Waals surface area (Å²) in [6.07, 6.45) is 3.30. The molecule has 1 aromatic heterocycles. The number of aryl methyl sites for hydroxylation is 1. The third kappa shape index (κ3) is 11.1. The summed E-state index contributed by atoms with van der Waals surface area (Å²) in [7, 11) is 1.71. The topological polar surface area (TPSA) is 182 Å². The maximum absolute atomic E-state index is 12.7. The van der Waals surface area contributed by atoms with E-state index in [1.807, 2.05) is 42.6 Å². The van der Waals surface area contributed by atoms with Crippen molar-refractivity contribution < 1.29 is 44.6 Å². The second-order valence-electron chi connectivity index (χ2n) is 14.0. The first-order valence-electron chi connectivity index (χ1n) is 18.1. The van der Waals surface area contributed by atoms with Gasteiger partial charge in [-0.1, -0.05) is 41.4 Å². The lowest BCUT2D eigenvalue weighted by Crippen LogP contribution is -2.50. The summed E-state index contributed by atoms with van der Waals surface area (Å²) >= 11 is 13.5. The van der Waals surface area contributed by atoms with E-state index < -0.39 is 36.0 Å². The number of unbranched alkanes of at least 4 members (excludes halogenated alkanes) is 1. The number of amides is 1. The number of benzene rings is 2. The molecule has 2 fully saturated rings. The summed E-state index contributed by atoms with van der Waals surface area (Å²) in [5.41, 5.74) is 4.38. The van der Waals surface area contributed by atoms with Gasteiger partial charge in [0.25, 0.3) is 0 Å². The van der Waals surface area contributed by atoms with E-state index in [0.29, 0.717) is 55.4 Å². The molecule has 1 heterocycles. The molecule has 288 valence electrons. The van der Waals surface area contributed by atoms with E-state index in [1.54, 1.807) is 18.1 Å². The van der Waals surface area contributed by atoms with Crippen LogP contribution in [0.3, 0.4) is 0 Å². The first kappa shape index (κ1) is 40.8. The first-order valence-corrected chi connectivity index (χ1v) is 18.9. The number of aromatic nitrogens is 1. The lowest BCUT2D eigenvalue weighted by Gasteiger charge is -2.25. The number of carbonyl (C=O) groups is 2. The fourth-order valence-electron chi connectivity index (χ4n) is 6.18. The third-order valence-electron chi connectivity index (χ3n) is 9.76. The molecule has 4 unspecified atom stereocenters. The maximum Gasteiger partial charge on any atom is 0.335 e. The van der Waals surface area contributed by atoms with Crippen LogP contribution >= 0.6 is 23.2 Å². The number of aliphatic carboxylic acids is 1. The number of hydrogen-bond donors (Lipinski definition) is 6. The highest BCUT2D eigenvalue weighted by Gasteiger charge is 2.48. The smallest absolute Gasteiger partial charge is 0.335 e. The summed E-state index contributed by atoms with van der Waals surface area (Å²) < 4.78 is 12.8. The van der Waals surface area contributed by atoms with E-state index in [0.717, 1.165) is 65.7 Å². The molecule has 2 aliphatic carbocycles. The molecule has 4 atom stereocenters. The number of halogens is 2. The fraction of sp³-hybridized carbons (Fsp3) is 0.513. The van der Waals surface area contributed by atoms with Crippen LogP contribution in [0.25, 0.3) is 11.1 Å². The van der Waals surface area contributed by atoms with Gasteiger partial charge in [0.15, 0.2) is 6.10 Å².